The molecule has 0 spiro atoms. The number of fused-ring (bicyclic) bond motifs is 1. The molecule has 0 unspecified atom stereocenters. The van der Waals surface area contributed by atoms with E-state index in [9.17, 15) is 22.8 Å². The molecule has 0 bridgehead atoms. The van der Waals surface area contributed by atoms with Gasteiger partial charge in [0.05, 0.1) is 27.5 Å². The van der Waals surface area contributed by atoms with Gasteiger partial charge in [0.25, 0.3) is 11.8 Å². The normalized spacial score (nSPS) is 13.7. The molecule has 7 nitrogen and oxygen atoms in total. The van der Waals surface area contributed by atoms with Crippen LogP contribution >= 0.6 is 0 Å². The molecule has 3 amide bonds. The van der Waals surface area contributed by atoms with Gasteiger partial charge in [-0.1, -0.05) is 31.2 Å². The molecule has 1 heterocycles. The third-order valence-corrected chi connectivity index (χ3v) is 5.84. The van der Waals surface area contributed by atoms with Crippen molar-refractivity contribution in [2.24, 2.45) is 0 Å². The predicted molar refractivity (Wildman–Crippen MR) is 94.6 cm³/mol. The minimum Gasteiger partial charge on any atom is -0.323 e. The van der Waals surface area contributed by atoms with E-state index in [4.69, 9.17) is 0 Å². The molecule has 26 heavy (non-hydrogen) atoms. The van der Waals surface area contributed by atoms with Gasteiger partial charge in [-0.2, -0.15) is 0 Å². The molecule has 0 saturated carbocycles. The number of amides is 3. The Hall–Kier alpha value is -3.00. The summed E-state index contributed by atoms with van der Waals surface area (Å²) in [6, 6.07) is 12.3. The molecule has 0 atom stereocenters. The number of benzene rings is 2. The molecular formula is C18H16N2O5S. The maximum Gasteiger partial charge on any atom is 0.262 e. The van der Waals surface area contributed by atoms with E-state index in [0.717, 1.165) is 4.90 Å². The molecule has 3 rings (SSSR count). The second-order valence-electron chi connectivity index (χ2n) is 5.69. The van der Waals surface area contributed by atoms with Gasteiger partial charge < -0.3 is 5.32 Å². The van der Waals surface area contributed by atoms with Crippen LogP contribution in [-0.4, -0.2) is 43.3 Å². The summed E-state index contributed by atoms with van der Waals surface area (Å²) in [6.45, 7) is 1.01. The van der Waals surface area contributed by atoms with Crippen LogP contribution in [0, 0.1) is 0 Å². The fraction of sp³-hybridized carbons (Fsp3) is 0.167. The molecule has 8 heteroatoms. The van der Waals surface area contributed by atoms with Crippen LogP contribution in [0.3, 0.4) is 0 Å². The molecule has 134 valence electrons. The van der Waals surface area contributed by atoms with E-state index in [1.165, 1.54) is 31.2 Å². The van der Waals surface area contributed by atoms with Gasteiger partial charge in [-0.15, -0.1) is 0 Å². The first-order valence-corrected chi connectivity index (χ1v) is 9.57. The van der Waals surface area contributed by atoms with Gasteiger partial charge in [0, 0.05) is 0 Å². The fourth-order valence-corrected chi connectivity index (χ4v) is 3.76. The van der Waals surface area contributed by atoms with Gasteiger partial charge >= 0.3 is 0 Å². The molecule has 0 fully saturated rings. The lowest BCUT2D eigenvalue weighted by molar-refractivity contribution is -0.116. The maximum atomic E-state index is 12.3. The summed E-state index contributed by atoms with van der Waals surface area (Å²) in [5, 5.41) is 2.48. The Morgan fingerprint density at radius 3 is 2.08 bits per heavy atom. The lowest BCUT2D eigenvalue weighted by Crippen LogP contribution is -2.37. The number of rotatable bonds is 5. The Morgan fingerprint density at radius 2 is 1.50 bits per heavy atom. The smallest absolute Gasteiger partial charge is 0.262 e. The highest BCUT2D eigenvalue weighted by molar-refractivity contribution is 7.91. The minimum atomic E-state index is -3.53. The molecule has 0 aliphatic carbocycles. The lowest BCUT2D eigenvalue weighted by atomic mass is 10.1. The van der Waals surface area contributed by atoms with Gasteiger partial charge in [0.15, 0.2) is 9.84 Å². The van der Waals surface area contributed by atoms with Gasteiger partial charge in [-0.3, -0.25) is 19.3 Å². The number of anilines is 1. The van der Waals surface area contributed by atoms with E-state index in [1.54, 1.807) is 24.3 Å². The standard InChI is InChI=1S/C18H16N2O5S/c1-2-26(24,25)15-10-6-5-9-14(15)19-16(21)11-20-17(22)12-7-3-4-8-13(12)18(20)23/h3-10H,2,11H2,1H3,(H,19,21). The van der Waals surface area contributed by atoms with Crippen molar-refractivity contribution in [3.8, 4) is 0 Å². The molecular weight excluding hydrogens is 356 g/mol. The maximum absolute atomic E-state index is 12.3. The van der Waals surface area contributed by atoms with Crippen LogP contribution < -0.4 is 5.32 Å². The van der Waals surface area contributed by atoms with Crippen LogP contribution in [0.4, 0.5) is 5.69 Å². The first-order valence-electron chi connectivity index (χ1n) is 7.92. The summed E-state index contributed by atoms with van der Waals surface area (Å²) in [7, 11) is -3.53. The number of carbonyl (C=O) groups excluding carboxylic acids is 3. The summed E-state index contributed by atoms with van der Waals surface area (Å²) >= 11 is 0. The number of sulfone groups is 1. The van der Waals surface area contributed by atoms with E-state index < -0.39 is 34.1 Å². The zero-order valence-corrected chi connectivity index (χ0v) is 14.7. The highest BCUT2D eigenvalue weighted by atomic mass is 32.2. The van der Waals surface area contributed by atoms with Gasteiger partial charge in [-0.25, -0.2) is 8.42 Å². The average molecular weight is 372 g/mol. The number of nitrogens with one attached hydrogen (secondary N) is 1. The molecule has 1 aliphatic rings. The Labute approximate surface area is 150 Å². The van der Waals surface area contributed by atoms with Crippen molar-refractivity contribution in [3.05, 3.63) is 59.7 Å². The van der Waals surface area contributed by atoms with Crippen molar-refractivity contribution < 1.29 is 22.8 Å². The second kappa shape index (κ2) is 6.72. The van der Waals surface area contributed by atoms with Crippen LogP contribution in [0.25, 0.3) is 0 Å². The predicted octanol–water partition coefficient (Wildman–Crippen LogP) is 1.71. The van der Waals surface area contributed by atoms with Crippen LogP contribution in [0.5, 0.6) is 0 Å². The Kier molecular flexibility index (Phi) is 4.60. The first-order chi connectivity index (χ1) is 12.3. The third-order valence-electron chi connectivity index (χ3n) is 4.06. The number of carbonyl (C=O) groups is 3. The van der Waals surface area contributed by atoms with Crippen molar-refractivity contribution >= 4 is 33.2 Å². The second-order valence-corrected chi connectivity index (χ2v) is 7.94. The number of para-hydroxylation sites is 1. The van der Waals surface area contributed by atoms with Crippen molar-refractivity contribution in [3.63, 3.8) is 0 Å². The number of hydrogen-bond acceptors (Lipinski definition) is 5. The summed E-state index contributed by atoms with van der Waals surface area (Å²) in [6.07, 6.45) is 0. The number of hydrogen-bond donors (Lipinski definition) is 1. The lowest BCUT2D eigenvalue weighted by Gasteiger charge is -2.15. The van der Waals surface area contributed by atoms with Crippen LogP contribution in [-0.2, 0) is 14.6 Å². The summed E-state index contributed by atoms with van der Waals surface area (Å²) in [5.41, 5.74) is 0.620. The zero-order valence-electron chi connectivity index (χ0n) is 13.9. The largest absolute Gasteiger partial charge is 0.323 e. The Morgan fingerprint density at radius 1 is 0.962 bits per heavy atom. The molecule has 0 aromatic heterocycles. The highest BCUT2D eigenvalue weighted by Gasteiger charge is 2.36. The quantitative estimate of drug-likeness (QED) is 0.806. The molecule has 2 aromatic carbocycles. The Balaban J connectivity index is 1.80. The van der Waals surface area contributed by atoms with E-state index in [1.807, 2.05) is 0 Å². The molecule has 1 aliphatic heterocycles. The highest BCUT2D eigenvalue weighted by Crippen LogP contribution is 2.24. The SMILES string of the molecule is CCS(=O)(=O)c1ccccc1NC(=O)CN1C(=O)c2ccccc2C1=O. The van der Waals surface area contributed by atoms with Crippen LogP contribution in [0.1, 0.15) is 27.6 Å². The van der Waals surface area contributed by atoms with Gasteiger partial charge in [0.2, 0.25) is 5.91 Å². The van der Waals surface area contributed by atoms with Gasteiger partial charge in [0.1, 0.15) is 6.54 Å². The summed E-state index contributed by atoms with van der Waals surface area (Å²) in [4.78, 5) is 37.8. The third kappa shape index (κ3) is 3.11. The van der Waals surface area contributed by atoms with Crippen molar-refractivity contribution in [2.45, 2.75) is 11.8 Å². The molecule has 2 aromatic rings. The Bertz CT molecular complexity index is 979. The van der Waals surface area contributed by atoms with Crippen LogP contribution in [0.2, 0.25) is 0 Å². The van der Waals surface area contributed by atoms with E-state index in [-0.39, 0.29) is 27.5 Å². The molecule has 0 radical (unpaired) electrons. The van der Waals surface area contributed by atoms with E-state index in [0.29, 0.717) is 0 Å². The summed E-state index contributed by atoms with van der Waals surface area (Å²) < 4.78 is 24.3. The summed E-state index contributed by atoms with van der Waals surface area (Å²) in [5.74, 6) is -1.86. The van der Waals surface area contributed by atoms with Crippen molar-refractivity contribution in [1.29, 1.82) is 0 Å². The van der Waals surface area contributed by atoms with E-state index in [2.05, 4.69) is 5.32 Å². The minimum absolute atomic E-state index is 0.00166. The average Bonchev–Trinajstić information content (AvgIpc) is 2.87. The number of imide groups is 1. The van der Waals surface area contributed by atoms with Crippen LogP contribution in [0.15, 0.2) is 53.4 Å². The number of nitrogens with zero attached hydrogens (tertiary/aromatic N) is 1. The van der Waals surface area contributed by atoms with Crippen molar-refractivity contribution in [2.75, 3.05) is 17.6 Å². The van der Waals surface area contributed by atoms with E-state index >= 15 is 0 Å². The molecule has 1 N–H and O–H groups in total. The fourth-order valence-electron chi connectivity index (χ4n) is 2.71. The topological polar surface area (TPSA) is 101 Å². The van der Waals surface area contributed by atoms with Gasteiger partial charge in [-0.05, 0) is 24.3 Å². The first kappa shape index (κ1) is 17.8. The zero-order chi connectivity index (χ0) is 18.9. The molecule has 0 saturated heterocycles. The monoisotopic (exact) mass is 372 g/mol. The van der Waals surface area contributed by atoms with Crippen molar-refractivity contribution in [1.82, 2.24) is 4.90 Å².